The first-order valence-corrected chi connectivity index (χ1v) is 12.1. The molecule has 1 amide bonds. The van der Waals surface area contributed by atoms with Gasteiger partial charge in [-0.2, -0.15) is 0 Å². The van der Waals surface area contributed by atoms with E-state index in [0.29, 0.717) is 29.5 Å². The van der Waals surface area contributed by atoms with Gasteiger partial charge in [0, 0.05) is 6.54 Å². The Bertz CT molecular complexity index is 1210. The van der Waals surface area contributed by atoms with Crippen LogP contribution < -0.4 is 23.8 Å². The smallest absolute Gasteiger partial charge is 0.241 e. The number of sulfonamides is 1. The Hall–Kier alpha value is -3.72. The van der Waals surface area contributed by atoms with Crippen LogP contribution in [0, 0.1) is 0 Å². The minimum Gasteiger partial charge on any atom is -0.489 e. The molecule has 3 aromatic carbocycles. The van der Waals surface area contributed by atoms with E-state index < -0.39 is 15.9 Å². The molecule has 0 fully saturated rings. The monoisotopic (exact) mass is 468 g/mol. The zero-order valence-corrected chi connectivity index (χ0v) is 18.9. The molecular weight excluding hydrogens is 444 g/mol. The molecule has 3 aromatic rings. The Morgan fingerprint density at radius 2 is 1.70 bits per heavy atom. The first-order chi connectivity index (χ1) is 15.9. The van der Waals surface area contributed by atoms with E-state index in [1.54, 1.807) is 36.4 Å². The molecule has 4 rings (SSSR count). The number of rotatable bonds is 9. The molecule has 0 spiro atoms. The molecule has 0 saturated carbocycles. The number of nitrogens with one attached hydrogen (secondary N) is 1. The quantitative estimate of drug-likeness (QED) is 0.519. The van der Waals surface area contributed by atoms with E-state index in [1.807, 2.05) is 36.4 Å². The van der Waals surface area contributed by atoms with E-state index in [4.69, 9.17) is 14.2 Å². The van der Waals surface area contributed by atoms with Crippen LogP contribution in [0.15, 0.2) is 72.8 Å². The van der Waals surface area contributed by atoms with Crippen molar-refractivity contribution in [1.82, 2.24) is 5.32 Å². The lowest BCUT2D eigenvalue weighted by Gasteiger charge is -2.22. The topological polar surface area (TPSA) is 94.2 Å². The molecule has 0 aromatic heterocycles. The zero-order chi connectivity index (χ0) is 23.3. The summed E-state index contributed by atoms with van der Waals surface area (Å²) >= 11 is 0. The minimum atomic E-state index is -3.68. The number of benzene rings is 3. The van der Waals surface area contributed by atoms with Crippen LogP contribution in [-0.2, 0) is 28.0 Å². The second-order valence-corrected chi connectivity index (χ2v) is 9.41. The molecule has 0 saturated heterocycles. The van der Waals surface area contributed by atoms with E-state index in [2.05, 4.69) is 5.32 Å². The van der Waals surface area contributed by atoms with Crippen LogP contribution in [0.2, 0.25) is 0 Å². The third-order valence-corrected chi connectivity index (χ3v) is 6.13. The summed E-state index contributed by atoms with van der Waals surface area (Å²) in [7, 11) is -3.68. The molecule has 1 N–H and O–H groups in total. The van der Waals surface area contributed by atoms with Crippen molar-refractivity contribution in [2.24, 2.45) is 0 Å². The van der Waals surface area contributed by atoms with E-state index in [1.165, 1.54) is 0 Å². The summed E-state index contributed by atoms with van der Waals surface area (Å²) in [5.74, 6) is 1.45. The molecule has 33 heavy (non-hydrogen) atoms. The lowest BCUT2D eigenvalue weighted by molar-refractivity contribution is -0.119. The number of nitrogens with zero attached hydrogens (tertiary/aromatic N) is 1. The van der Waals surface area contributed by atoms with Gasteiger partial charge in [0.15, 0.2) is 11.5 Å². The van der Waals surface area contributed by atoms with Gasteiger partial charge in [0.2, 0.25) is 22.7 Å². The fourth-order valence-corrected chi connectivity index (χ4v) is 4.14. The Balaban J connectivity index is 1.36. The molecule has 1 aliphatic rings. The predicted molar refractivity (Wildman–Crippen MR) is 124 cm³/mol. The standard InChI is InChI=1S/C24H24N2O6S/c1-33(28,29)26(15-24(27)25-14-19-7-12-22-23(13-19)32-17-31-22)20-8-10-21(11-9-20)30-16-18-5-3-2-4-6-18/h2-13H,14-17H2,1H3,(H,25,27). The van der Waals surface area contributed by atoms with Gasteiger partial charge in [-0.15, -0.1) is 0 Å². The molecule has 172 valence electrons. The van der Waals surface area contributed by atoms with Crippen LogP contribution in [0.25, 0.3) is 0 Å². The summed E-state index contributed by atoms with van der Waals surface area (Å²) in [5.41, 5.74) is 2.22. The Labute approximate surface area is 192 Å². The van der Waals surface area contributed by atoms with Gasteiger partial charge in [0.05, 0.1) is 11.9 Å². The summed E-state index contributed by atoms with van der Waals surface area (Å²) in [6.07, 6.45) is 1.07. The molecule has 0 unspecified atom stereocenters. The average Bonchev–Trinajstić information content (AvgIpc) is 3.28. The predicted octanol–water partition coefficient (Wildman–Crippen LogP) is 3.08. The maximum absolute atomic E-state index is 12.5. The van der Waals surface area contributed by atoms with E-state index >= 15 is 0 Å². The first kappa shape index (κ1) is 22.5. The van der Waals surface area contributed by atoms with Crippen LogP contribution in [-0.4, -0.2) is 33.9 Å². The maximum atomic E-state index is 12.5. The number of ether oxygens (including phenoxy) is 3. The summed E-state index contributed by atoms with van der Waals surface area (Å²) in [4.78, 5) is 12.5. The summed E-state index contributed by atoms with van der Waals surface area (Å²) in [6, 6.07) is 21.7. The lowest BCUT2D eigenvalue weighted by atomic mass is 10.2. The number of hydrogen-bond acceptors (Lipinski definition) is 6. The number of anilines is 1. The fourth-order valence-electron chi connectivity index (χ4n) is 3.29. The molecule has 0 bridgehead atoms. The van der Waals surface area contributed by atoms with Crippen molar-refractivity contribution >= 4 is 21.6 Å². The highest BCUT2D eigenvalue weighted by atomic mass is 32.2. The SMILES string of the molecule is CS(=O)(=O)N(CC(=O)NCc1ccc2c(c1)OCO2)c1ccc(OCc2ccccc2)cc1. The van der Waals surface area contributed by atoms with E-state index in [9.17, 15) is 13.2 Å². The normalized spacial score (nSPS) is 12.3. The van der Waals surface area contributed by atoms with Gasteiger partial charge in [-0.05, 0) is 47.5 Å². The minimum absolute atomic E-state index is 0.171. The van der Waals surface area contributed by atoms with Gasteiger partial charge in [-0.3, -0.25) is 9.10 Å². The number of amides is 1. The highest BCUT2D eigenvalue weighted by Gasteiger charge is 2.21. The lowest BCUT2D eigenvalue weighted by Crippen LogP contribution is -2.40. The van der Waals surface area contributed by atoms with Crippen LogP contribution in [0.1, 0.15) is 11.1 Å². The van der Waals surface area contributed by atoms with Crippen LogP contribution in [0.4, 0.5) is 5.69 Å². The van der Waals surface area contributed by atoms with E-state index in [-0.39, 0.29) is 19.9 Å². The molecular formula is C24H24N2O6S. The number of fused-ring (bicyclic) bond motifs is 1. The highest BCUT2D eigenvalue weighted by molar-refractivity contribution is 7.92. The molecule has 9 heteroatoms. The van der Waals surface area contributed by atoms with Gasteiger partial charge in [-0.25, -0.2) is 8.42 Å². The Morgan fingerprint density at radius 1 is 0.970 bits per heavy atom. The number of carbonyl (C=O) groups is 1. The van der Waals surface area contributed by atoms with Crippen LogP contribution in [0.5, 0.6) is 17.2 Å². The van der Waals surface area contributed by atoms with Gasteiger partial charge >= 0.3 is 0 Å². The number of carbonyl (C=O) groups excluding carboxylic acids is 1. The van der Waals surface area contributed by atoms with Crippen molar-refractivity contribution < 1.29 is 27.4 Å². The molecule has 0 radical (unpaired) electrons. The largest absolute Gasteiger partial charge is 0.489 e. The molecule has 1 aliphatic heterocycles. The number of hydrogen-bond donors (Lipinski definition) is 1. The molecule has 8 nitrogen and oxygen atoms in total. The fraction of sp³-hybridized carbons (Fsp3) is 0.208. The van der Waals surface area contributed by atoms with E-state index in [0.717, 1.165) is 21.7 Å². The summed E-state index contributed by atoms with van der Waals surface area (Å²) in [6.45, 7) is 0.468. The van der Waals surface area contributed by atoms with Gasteiger partial charge in [0.25, 0.3) is 0 Å². The molecule has 1 heterocycles. The van der Waals surface area contributed by atoms with Crippen molar-refractivity contribution in [1.29, 1.82) is 0 Å². The molecule has 0 aliphatic carbocycles. The average molecular weight is 469 g/mol. The van der Waals surface area contributed by atoms with Crippen molar-refractivity contribution in [2.45, 2.75) is 13.2 Å². The van der Waals surface area contributed by atoms with Gasteiger partial charge < -0.3 is 19.5 Å². The zero-order valence-electron chi connectivity index (χ0n) is 18.1. The second kappa shape index (κ2) is 9.83. The van der Waals surface area contributed by atoms with Crippen molar-refractivity contribution in [3.63, 3.8) is 0 Å². The third-order valence-electron chi connectivity index (χ3n) is 4.99. The molecule has 0 atom stereocenters. The first-order valence-electron chi connectivity index (χ1n) is 10.3. The highest BCUT2D eigenvalue weighted by Crippen LogP contribution is 2.32. The van der Waals surface area contributed by atoms with Crippen LogP contribution >= 0.6 is 0 Å². The van der Waals surface area contributed by atoms with Gasteiger partial charge in [-0.1, -0.05) is 36.4 Å². The summed E-state index contributed by atoms with van der Waals surface area (Å²) in [5, 5.41) is 2.75. The van der Waals surface area contributed by atoms with Crippen molar-refractivity contribution in [3.8, 4) is 17.2 Å². The van der Waals surface area contributed by atoms with Gasteiger partial charge in [0.1, 0.15) is 18.9 Å². The third kappa shape index (κ3) is 5.95. The Morgan fingerprint density at radius 3 is 2.42 bits per heavy atom. The van der Waals surface area contributed by atoms with Crippen LogP contribution in [0.3, 0.4) is 0 Å². The maximum Gasteiger partial charge on any atom is 0.241 e. The summed E-state index contributed by atoms with van der Waals surface area (Å²) < 4.78 is 42.1. The Kier molecular flexibility index (Phi) is 6.69. The second-order valence-electron chi connectivity index (χ2n) is 7.50. The van der Waals surface area contributed by atoms with Crippen molar-refractivity contribution in [3.05, 3.63) is 83.9 Å². The van der Waals surface area contributed by atoms with Crippen molar-refractivity contribution in [2.75, 3.05) is 23.9 Å².